The second-order valence-corrected chi connectivity index (χ2v) is 6.94. The highest BCUT2D eigenvalue weighted by Crippen LogP contribution is 2.22. The zero-order chi connectivity index (χ0) is 13.3. The highest BCUT2D eigenvalue weighted by molar-refractivity contribution is 7.71. The van der Waals surface area contributed by atoms with E-state index in [4.69, 9.17) is 12.2 Å². The third kappa shape index (κ3) is 2.90. The molecule has 2 heterocycles. The van der Waals surface area contributed by atoms with Gasteiger partial charge in [-0.25, -0.2) is 4.98 Å². The fourth-order valence-electron chi connectivity index (χ4n) is 1.99. The minimum Gasteiger partial charge on any atom is -0.337 e. The lowest BCUT2D eigenvalue weighted by molar-refractivity contribution is 0.512. The maximum absolute atomic E-state index is 5.35. The first-order valence-corrected chi connectivity index (χ1v) is 7.36. The van der Waals surface area contributed by atoms with Gasteiger partial charge in [0.15, 0.2) is 4.77 Å². The number of rotatable bonds is 3. The van der Waals surface area contributed by atoms with Gasteiger partial charge in [0.2, 0.25) is 0 Å². The molecule has 1 N–H and O–H groups in total. The molecular weight excluding hydrogens is 262 g/mol. The first-order valence-electron chi connectivity index (χ1n) is 6.07. The lowest BCUT2D eigenvalue weighted by Gasteiger charge is -2.20. The van der Waals surface area contributed by atoms with Crippen LogP contribution in [0.3, 0.4) is 0 Å². The molecule has 2 aromatic heterocycles. The van der Waals surface area contributed by atoms with Crippen LogP contribution in [0.25, 0.3) is 0 Å². The second kappa shape index (κ2) is 4.97. The maximum Gasteiger partial charge on any atom is 0.177 e. The normalized spacial score (nSPS) is 12.0. The molecule has 0 spiro atoms. The lowest BCUT2D eigenvalue weighted by atomic mass is 9.92. The molecule has 0 aliphatic heterocycles. The Hall–Kier alpha value is -0.940. The number of aryl methyl sites for hydroxylation is 2. The molecule has 5 heteroatoms. The summed E-state index contributed by atoms with van der Waals surface area (Å²) < 4.78 is 2.98. The molecule has 0 aliphatic rings. The molecule has 0 aromatic carbocycles. The zero-order valence-corrected chi connectivity index (χ0v) is 12.9. The van der Waals surface area contributed by atoms with E-state index in [1.54, 1.807) is 11.3 Å². The molecule has 2 aromatic rings. The summed E-state index contributed by atoms with van der Waals surface area (Å²) in [5.74, 6) is 0. The Balaban J connectivity index is 2.19. The summed E-state index contributed by atoms with van der Waals surface area (Å²) in [6, 6.07) is 0. The van der Waals surface area contributed by atoms with E-state index < -0.39 is 0 Å². The first kappa shape index (κ1) is 13.5. The van der Waals surface area contributed by atoms with Crippen LogP contribution in [0.4, 0.5) is 0 Å². The molecule has 0 bridgehead atoms. The summed E-state index contributed by atoms with van der Waals surface area (Å²) in [7, 11) is 0. The Morgan fingerprint density at radius 1 is 1.44 bits per heavy atom. The predicted octanol–water partition coefficient (Wildman–Crippen LogP) is 3.85. The molecule has 0 unspecified atom stereocenters. The molecule has 0 saturated carbocycles. The van der Waals surface area contributed by atoms with Crippen molar-refractivity contribution < 1.29 is 0 Å². The number of nitrogens with zero attached hydrogens (tertiary/aromatic N) is 2. The van der Waals surface area contributed by atoms with Gasteiger partial charge in [-0.1, -0.05) is 20.8 Å². The van der Waals surface area contributed by atoms with E-state index in [0.29, 0.717) is 0 Å². The molecule has 2 rings (SSSR count). The summed E-state index contributed by atoms with van der Waals surface area (Å²) in [6.45, 7) is 9.53. The smallest absolute Gasteiger partial charge is 0.177 e. The summed E-state index contributed by atoms with van der Waals surface area (Å²) in [5.41, 5.74) is 2.51. The van der Waals surface area contributed by atoms with E-state index in [2.05, 4.69) is 40.7 Å². The number of thiazole rings is 1. The minimum atomic E-state index is 0.103. The lowest BCUT2D eigenvalue weighted by Crippen LogP contribution is -2.18. The van der Waals surface area contributed by atoms with E-state index in [9.17, 15) is 0 Å². The average molecular weight is 281 g/mol. The van der Waals surface area contributed by atoms with Gasteiger partial charge in [-0.15, -0.1) is 11.3 Å². The monoisotopic (exact) mass is 281 g/mol. The van der Waals surface area contributed by atoms with E-state index >= 15 is 0 Å². The largest absolute Gasteiger partial charge is 0.337 e. The second-order valence-electron chi connectivity index (χ2n) is 5.49. The number of nitrogens with one attached hydrogen (secondary N) is 1. The Labute approximate surface area is 117 Å². The van der Waals surface area contributed by atoms with Gasteiger partial charge in [-0.05, 0) is 19.1 Å². The van der Waals surface area contributed by atoms with Crippen molar-refractivity contribution in [1.82, 2.24) is 14.5 Å². The SMILES string of the molecule is Cc1nc(CCn2c(C(C)(C)C)c[nH]c2=S)cs1. The summed E-state index contributed by atoms with van der Waals surface area (Å²) in [6.07, 6.45) is 2.95. The fourth-order valence-corrected chi connectivity index (χ4v) is 2.88. The number of hydrogen-bond donors (Lipinski definition) is 1. The van der Waals surface area contributed by atoms with Gasteiger partial charge < -0.3 is 9.55 Å². The zero-order valence-electron chi connectivity index (χ0n) is 11.3. The minimum absolute atomic E-state index is 0.103. The van der Waals surface area contributed by atoms with Crippen LogP contribution in [0.2, 0.25) is 0 Å². The van der Waals surface area contributed by atoms with Crippen molar-refractivity contribution >= 4 is 23.6 Å². The van der Waals surface area contributed by atoms with E-state index in [-0.39, 0.29) is 5.41 Å². The number of imidazole rings is 1. The van der Waals surface area contributed by atoms with Crippen molar-refractivity contribution in [3.05, 3.63) is 32.7 Å². The van der Waals surface area contributed by atoms with Crippen LogP contribution in [0.5, 0.6) is 0 Å². The van der Waals surface area contributed by atoms with Gasteiger partial charge >= 0.3 is 0 Å². The molecule has 0 radical (unpaired) electrons. The van der Waals surface area contributed by atoms with Crippen molar-refractivity contribution in [3.8, 4) is 0 Å². The van der Waals surface area contributed by atoms with E-state index in [1.165, 1.54) is 5.69 Å². The number of aromatic amines is 1. The number of hydrogen-bond acceptors (Lipinski definition) is 3. The van der Waals surface area contributed by atoms with Gasteiger partial charge in [0.05, 0.1) is 10.7 Å². The van der Waals surface area contributed by atoms with Crippen molar-refractivity contribution in [2.45, 2.75) is 46.1 Å². The van der Waals surface area contributed by atoms with Crippen molar-refractivity contribution in [1.29, 1.82) is 0 Å². The van der Waals surface area contributed by atoms with Gasteiger partial charge in [-0.2, -0.15) is 0 Å². The van der Waals surface area contributed by atoms with E-state index in [1.807, 2.05) is 13.1 Å². The quantitative estimate of drug-likeness (QED) is 0.867. The third-order valence-electron chi connectivity index (χ3n) is 2.89. The summed E-state index contributed by atoms with van der Waals surface area (Å²) >= 11 is 7.05. The molecular formula is C13H19N3S2. The van der Waals surface area contributed by atoms with Crippen LogP contribution in [0, 0.1) is 11.7 Å². The van der Waals surface area contributed by atoms with Gasteiger partial charge in [-0.3, -0.25) is 0 Å². The Kier molecular flexibility index (Phi) is 3.73. The molecule has 0 amide bonds. The Morgan fingerprint density at radius 2 is 2.17 bits per heavy atom. The van der Waals surface area contributed by atoms with Gasteiger partial charge in [0.25, 0.3) is 0 Å². The first-order chi connectivity index (χ1) is 8.38. The average Bonchev–Trinajstić information content (AvgIpc) is 2.81. The van der Waals surface area contributed by atoms with Crippen LogP contribution in [-0.4, -0.2) is 14.5 Å². The standard InChI is InChI=1S/C13H19N3S2/c1-9-15-10(8-18-9)5-6-16-11(13(2,3)4)7-14-12(16)17/h7-8H,5-6H2,1-4H3,(H,14,17). The van der Waals surface area contributed by atoms with Crippen LogP contribution in [0.15, 0.2) is 11.6 Å². The Morgan fingerprint density at radius 3 is 2.72 bits per heavy atom. The van der Waals surface area contributed by atoms with Gasteiger partial charge in [0.1, 0.15) is 0 Å². The predicted molar refractivity (Wildman–Crippen MR) is 78.9 cm³/mol. The van der Waals surface area contributed by atoms with Crippen molar-refractivity contribution in [3.63, 3.8) is 0 Å². The molecule has 0 aliphatic carbocycles. The van der Waals surface area contributed by atoms with Gasteiger partial charge in [0, 0.05) is 35.7 Å². The number of H-pyrrole nitrogens is 1. The maximum atomic E-state index is 5.35. The molecule has 0 fully saturated rings. The Bertz CT molecular complexity index is 584. The molecule has 98 valence electrons. The molecule has 3 nitrogen and oxygen atoms in total. The van der Waals surface area contributed by atoms with Crippen LogP contribution >= 0.6 is 23.6 Å². The third-order valence-corrected chi connectivity index (χ3v) is 4.06. The molecule has 0 atom stereocenters. The van der Waals surface area contributed by atoms with E-state index in [0.717, 1.165) is 28.4 Å². The summed E-state index contributed by atoms with van der Waals surface area (Å²) in [5, 5.41) is 3.25. The summed E-state index contributed by atoms with van der Waals surface area (Å²) in [4.78, 5) is 7.64. The molecule has 0 saturated heterocycles. The highest BCUT2D eigenvalue weighted by atomic mass is 32.1. The van der Waals surface area contributed by atoms with Crippen molar-refractivity contribution in [2.24, 2.45) is 0 Å². The fraction of sp³-hybridized carbons (Fsp3) is 0.538. The number of aromatic nitrogens is 3. The van der Waals surface area contributed by atoms with Crippen molar-refractivity contribution in [2.75, 3.05) is 0 Å². The van der Waals surface area contributed by atoms with Crippen LogP contribution in [0.1, 0.15) is 37.2 Å². The molecule has 18 heavy (non-hydrogen) atoms. The van der Waals surface area contributed by atoms with Crippen LogP contribution in [-0.2, 0) is 18.4 Å². The van der Waals surface area contributed by atoms with Crippen LogP contribution < -0.4 is 0 Å². The highest BCUT2D eigenvalue weighted by Gasteiger charge is 2.19. The topological polar surface area (TPSA) is 33.6 Å².